The third kappa shape index (κ3) is 3.06. The highest BCUT2D eigenvalue weighted by atomic mass is 35.5. The Hall–Kier alpha value is -0.890. The summed E-state index contributed by atoms with van der Waals surface area (Å²) >= 11 is 5.79. The monoisotopic (exact) mass is 254 g/mol. The molecule has 2 rings (SSSR count). The third-order valence-electron chi connectivity index (χ3n) is 3.51. The van der Waals surface area contributed by atoms with E-state index in [0.717, 1.165) is 6.42 Å². The second-order valence-electron chi connectivity index (χ2n) is 4.71. The van der Waals surface area contributed by atoms with Gasteiger partial charge in [-0.1, -0.05) is 43.4 Å². The maximum atomic E-state index is 13.2. The molecular formula is C14H16ClFO. The van der Waals surface area contributed by atoms with E-state index in [0.29, 0.717) is 17.9 Å². The van der Waals surface area contributed by atoms with Crippen LogP contribution in [0.1, 0.15) is 48.9 Å². The number of ketones is 1. The van der Waals surface area contributed by atoms with Crippen molar-refractivity contribution in [3.8, 4) is 0 Å². The number of benzene rings is 1. The minimum Gasteiger partial charge on any atom is -0.294 e. The van der Waals surface area contributed by atoms with Gasteiger partial charge in [0.15, 0.2) is 5.78 Å². The van der Waals surface area contributed by atoms with Crippen molar-refractivity contribution in [3.05, 3.63) is 34.6 Å². The van der Waals surface area contributed by atoms with Crippen LogP contribution < -0.4 is 0 Å². The number of carbonyl (C=O) groups is 1. The number of Topliss-reactive ketones (excluding diaryl/α,β-unsaturated/α-hetero) is 1. The molecule has 1 nitrogen and oxygen atoms in total. The smallest absolute Gasteiger partial charge is 0.164 e. The van der Waals surface area contributed by atoms with Crippen LogP contribution in [0, 0.1) is 11.7 Å². The molecule has 0 radical (unpaired) electrons. The minimum atomic E-state index is -0.515. The molecule has 0 aromatic heterocycles. The fourth-order valence-corrected chi connectivity index (χ4v) is 2.72. The predicted octanol–water partition coefficient (Wildman–Crippen LogP) is 4.63. The summed E-state index contributed by atoms with van der Waals surface area (Å²) in [6.45, 7) is 0. The highest BCUT2D eigenvalue weighted by Crippen LogP contribution is 2.30. The van der Waals surface area contributed by atoms with Gasteiger partial charge in [0.2, 0.25) is 0 Å². The maximum Gasteiger partial charge on any atom is 0.164 e. The lowest BCUT2D eigenvalue weighted by Gasteiger charge is -2.08. The van der Waals surface area contributed by atoms with Crippen molar-refractivity contribution in [2.24, 2.45) is 5.92 Å². The topological polar surface area (TPSA) is 17.1 Å². The first-order valence-electron chi connectivity index (χ1n) is 6.15. The SMILES string of the molecule is O=C(CCC1CCCC1)c1cccc(F)c1Cl. The molecule has 92 valence electrons. The third-order valence-corrected chi connectivity index (χ3v) is 3.89. The summed E-state index contributed by atoms with van der Waals surface area (Å²) in [6.07, 6.45) is 6.40. The molecule has 1 fully saturated rings. The molecule has 0 atom stereocenters. The van der Waals surface area contributed by atoms with Crippen molar-refractivity contribution < 1.29 is 9.18 Å². The van der Waals surface area contributed by atoms with Gasteiger partial charge in [-0.15, -0.1) is 0 Å². The molecule has 0 N–H and O–H groups in total. The Bertz CT molecular complexity index is 411. The molecule has 0 amide bonds. The summed E-state index contributed by atoms with van der Waals surface area (Å²) in [5.74, 6) is 0.117. The lowest BCUT2D eigenvalue weighted by Crippen LogP contribution is -2.04. The summed E-state index contributed by atoms with van der Waals surface area (Å²) < 4.78 is 13.2. The van der Waals surface area contributed by atoms with Crippen LogP contribution in [-0.4, -0.2) is 5.78 Å². The molecule has 1 aliphatic carbocycles. The van der Waals surface area contributed by atoms with E-state index in [9.17, 15) is 9.18 Å². The first kappa shape index (κ1) is 12.6. The van der Waals surface area contributed by atoms with Crippen LogP contribution in [0.15, 0.2) is 18.2 Å². The molecule has 0 unspecified atom stereocenters. The van der Waals surface area contributed by atoms with Gasteiger partial charge >= 0.3 is 0 Å². The highest BCUT2D eigenvalue weighted by molar-refractivity contribution is 6.34. The summed E-state index contributed by atoms with van der Waals surface area (Å²) in [6, 6.07) is 4.41. The molecule has 1 aromatic rings. The number of halogens is 2. The zero-order chi connectivity index (χ0) is 12.3. The van der Waals surface area contributed by atoms with E-state index >= 15 is 0 Å². The fourth-order valence-electron chi connectivity index (χ4n) is 2.49. The van der Waals surface area contributed by atoms with Gasteiger partial charge in [-0.05, 0) is 24.5 Å². The van der Waals surface area contributed by atoms with Gasteiger partial charge in [-0.2, -0.15) is 0 Å². The summed E-state index contributed by atoms with van der Waals surface area (Å²) in [5.41, 5.74) is 0.324. The molecule has 1 aromatic carbocycles. The Balaban J connectivity index is 1.97. The van der Waals surface area contributed by atoms with Crippen molar-refractivity contribution in [3.63, 3.8) is 0 Å². The normalized spacial score (nSPS) is 16.4. The summed E-state index contributed by atoms with van der Waals surface area (Å²) in [4.78, 5) is 11.9. The van der Waals surface area contributed by atoms with Gasteiger partial charge in [0.1, 0.15) is 5.82 Å². The summed E-state index contributed by atoms with van der Waals surface area (Å²) in [5, 5.41) is -0.0380. The van der Waals surface area contributed by atoms with Crippen LogP contribution in [0.4, 0.5) is 4.39 Å². The zero-order valence-corrected chi connectivity index (χ0v) is 10.5. The first-order chi connectivity index (χ1) is 8.18. The molecule has 1 aliphatic rings. The molecule has 17 heavy (non-hydrogen) atoms. The molecule has 0 saturated heterocycles. The van der Waals surface area contributed by atoms with Crippen molar-refractivity contribution in [2.75, 3.05) is 0 Å². The Morgan fingerprint density at radius 2 is 2.06 bits per heavy atom. The molecular weight excluding hydrogens is 239 g/mol. The molecule has 0 spiro atoms. The van der Waals surface area contributed by atoms with Gasteiger partial charge in [-0.25, -0.2) is 4.39 Å². The van der Waals surface area contributed by atoms with Gasteiger partial charge < -0.3 is 0 Å². The molecule has 0 aliphatic heterocycles. The van der Waals surface area contributed by atoms with E-state index in [2.05, 4.69) is 0 Å². The van der Waals surface area contributed by atoms with Crippen LogP contribution >= 0.6 is 11.6 Å². The van der Waals surface area contributed by atoms with Gasteiger partial charge in [0.05, 0.1) is 5.02 Å². The van der Waals surface area contributed by atoms with Gasteiger partial charge in [-0.3, -0.25) is 4.79 Å². The lowest BCUT2D eigenvalue weighted by molar-refractivity contribution is 0.0973. The van der Waals surface area contributed by atoms with Crippen molar-refractivity contribution >= 4 is 17.4 Å². The predicted molar refractivity (Wildman–Crippen MR) is 66.9 cm³/mol. The van der Waals surface area contributed by atoms with Crippen molar-refractivity contribution in [1.82, 2.24) is 0 Å². The maximum absolute atomic E-state index is 13.2. The van der Waals surface area contributed by atoms with Gasteiger partial charge in [0, 0.05) is 12.0 Å². The standard InChI is InChI=1S/C14H16ClFO/c15-14-11(6-3-7-12(14)16)13(17)9-8-10-4-1-2-5-10/h3,6-7,10H,1-2,4-5,8-9H2. The number of hydrogen-bond acceptors (Lipinski definition) is 1. The number of carbonyl (C=O) groups excluding carboxylic acids is 1. The minimum absolute atomic E-state index is 0.0380. The van der Waals surface area contributed by atoms with Crippen molar-refractivity contribution in [2.45, 2.75) is 38.5 Å². The lowest BCUT2D eigenvalue weighted by atomic mass is 9.97. The second kappa shape index (κ2) is 5.63. The number of rotatable bonds is 4. The van der Waals surface area contributed by atoms with Crippen molar-refractivity contribution in [1.29, 1.82) is 0 Å². The average molecular weight is 255 g/mol. The van der Waals surface area contributed by atoms with Crippen LogP contribution in [0.2, 0.25) is 5.02 Å². The van der Waals surface area contributed by atoms with E-state index in [4.69, 9.17) is 11.6 Å². The zero-order valence-electron chi connectivity index (χ0n) is 9.72. The Kier molecular flexibility index (Phi) is 4.16. The first-order valence-corrected chi connectivity index (χ1v) is 6.53. The van der Waals surface area contributed by atoms with Crippen LogP contribution in [0.3, 0.4) is 0 Å². The van der Waals surface area contributed by atoms with E-state index in [1.54, 1.807) is 6.07 Å². The Morgan fingerprint density at radius 1 is 1.35 bits per heavy atom. The molecule has 0 bridgehead atoms. The van der Waals surface area contributed by atoms with Crippen LogP contribution in [0.5, 0.6) is 0 Å². The molecule has 1 saturated carbocycles. The summed E-state index contributed by atoms with van der Waals surface area (Å²) in [7, 11) is 0. The number of hydrogen-bond donors (Lipinski definition) is 0. The van der Waals surface area contributed by atoms with E-state index < -0.39 is 5.82 Å². The van der Waals surface area contributed by atoms with E-state index in [-0.39, 0.29) is 10.8 Å². The van der Waals surface area contributed by atoms with E-state index in [1.807, 2.05) is 0 Å². The van der Waals surface area contributed by atoms with Gasteiger partial charge in [0.25, 0.3) is 0 Å². The second-order valence-corrected chi connectivity index (χ2v) is 5.09. The van der Waals surface area contributed by atoms with Crippen LogP contribution in [0.25, 0.3) is 0 Å². The molecule has 0 heterocycles. The largest absolute Gasteiger partial charge is 0.294 e. The molecule has 3 heteroatoms. The van der Waals surface area contributed by atoms with E-state index in [1.165, 1.54) is 37.8 Å². The Morgan fingerprint density at radius 3 is 2.76 bits per heavy atom. The quantitative estimate of drug-likeness (QED) is 0.716. The average Bonchev–Trinajstić information content (AvgIpc) is 2.82. The Labute approximate surface area is 106 Å². The van der Waals surface area contributed by atoms with Crippen LogP contribution in [-0.2, 0) is 0 Å². The fraction of sp³-hybridized carbons (Fsp3) is 0.500. The highest BCUT2D eigenvalue weighted by Gasteiger charge is 2.18.